The smallest absolute Gasteiger partial charge is 0.170 e. The molecule has 0 radical (unpaired) electrons. The van der Waals surface area contributed by atoms with Crippen LogP contribution in [0.1, 0.15) is 28.9 Å². The Morgan fingerprint density at radius 3 is 2.64 bits per heavy atom. The van der Waals surface area contributed by atoms with E-state index in [1.807, 2.05) is 37.8 Å². The predicted octanol–water partition coefficient (Wildman–Crippen LogP) is 3.96. The summed E-state index contributed by atoms with van der Waals surface area (Å²) in [6.07, 6.45) is 11.5. The lowest BCUT2D eigenvalue weighted by atomic mass is 10.0. The van der Waals surface area contributed by atoms with E-state index in [2.05, 4.69) is 50.5 Å². The summed E-state index contributed by atoms with van der Waals surface area (Å²) >= 11 is 0. The molecule has 5 rings (SSSR count). The van der Waals surface area contributed by atoms with Gasteiger partial charge >= 0.3 is 0 Å². The Balaban J connectivity index is 1.31. The quantitative estimate of drug-likeness (QED) is 0.458. The molecule has 0 unspecified atom stereocenters. The van der Waals surface area contributed by atoms with Crippen LogP contribution in [-0.4, -0.2) is 56.6 Å². The summed E-state index contributed by atoms with van der Waals surface area (Å²) in [6, 6.07) is 10.6. The molecule has 1 aliphatic rings. The van der Waals surface area contributed by atoms with Crippen molar-refractivity contribution in [3.63, 3.8) is 0 Å². The molecule has 4 heterocycles. The van der Waals surface area contributed by atoms with Gasteiger partial charge in [-0.3, -0.25) is 19.4 Å². The van der Waals surface area contributed by atoms with Gasteiger partial charge in [0.2, 0.25) is 0 Å². The van der Waals surface area contributed by atoms with Crippen molar-refractivity contribution >= 4 is 22.2 Å². The largest absolute Gasteiger partial charge is 0.381 e. The van der Waals surface area contributed by atoms with Crippen LogP contribution < -0.4 is 5.32 Å². The number of ketones is 1. The SMILES string of the molecule is CN1CCC(Nc2cncc(C(=O)Cc3cc4cc(-c5cnn(C)c5)ccc4cn3)c2)CC1. The molecule has 33 heavy (non-hydrogen) atoms. The molecule has 0 saturated carbocycles. The number of fused-ring (bicyclic) bond motifs is 1. The number of piperidine rings is 1. The summed E-state index contributed by atoms with van der Waals surface area (Å²) in [5.41, 5.74) is 4.43. The maximum atomic E-state index is 13.0. The number of likely N-dealkylation sites (tertiary alicyclic amines) is 1. The molecule has 3 aromatic heterocycles. The molecule has 1 fully saturated rings. The number of nitrogens with zero attached hydrogens (tertiary/aromatic N) is 5. The number of rotatable bonds is 6. The molecule has 7 nitrogen and oxygen atoms in total. The first kappa shape index (κ1) is 21.3. The van der Waals surface area contributed by atoms with Crippen LogP contribution in [0.2, 0.25) is 0 Å². The summed E-state index contributed by atoms with van der Waals surface area (Å²) < 4.78 is 1.79. The van der Waals surface area contributed by atoms with Gasteiger partial charge in [0.05, 0.1) is 18.3 Å². The number of Topliss-reactive ketones (excluding diaryl/α,β-unsaturated/α-hetero) is 1. The zero-order valence-corrected chi connectivity index (χ0v) is 19.0. The van der Waals surface area contributed by atoms with E-state index in [1.165, 1.54) is 0 Å². The van der Waals surface area contributed by atoms with E-state index in [0.717, 1.165) is 59.2 Å². The summed E-state index contributed by atoms with van der Waals surface area (Å²) in [5.74, 6) is 0.0183. The van der Waals surface area contributed by atoms with Gasteiger partial charge < -0.3 is 10.2 Å². The Hall–Kier alpha value is -3.58. The van der Waals surface area contributed by atoms with Crippen LogP contribution in [0.15, 0.2) is 61.3 Å². The average molecular weight is 441 g/mol. The molecular formula is C26H28N6O. The first-order valence-corrected chi connectivity index (χ1v) is 11.3. The number of anilines is 1. The highest BCUT2D eigenvalue weighted by Gasteiger charge is 2.17. The first-order chi connectivity index (χ1) is 16.0. The van der Waals surface area contributed by atoms with Crippen LogP contribution in [0.4, 0.5) is 5.69 Å². The van der Waals surface area contributed by atoms with Crippen LogP contribution in [0, 0.1) is 0 Å². The zero-order valence-electron chi connectivity index (χ0n) is 19.0. The second kappa shape index (κ2) is 9.11. The number of carbonyl (C=O) groups excluding carboxylic acids is 1. The third kappa shape index (κ3) is 4.93. The molecule has 168 valence electrons. The number of hydrogen-bond acceptors (Lipinski definition) is 6. The van der Waals surface area contributed by atoms with E-state index < -0.39 is 0 Å². The fourth-order valence-corrected chi connectivity index (χ4v) is 4.36. The van der Waals surface area contributed by atoms with E-state index in [-0.39, 0.29) is 12.2 Å². The number of aromatic nitrogens is 4. The highest BCUT2D eigenvalue weighted by atomic mass is 16.1. The molecular weight excluding hydrogens is 412 g/mol. The van der Waals surface area contributed by atoms with Gasteiger partial charge in [0.25, 0.3) is 0 Å². The fourth-order valence-electron chi connectivity index (χ4n) is 4.36. The second-order valence-corrected chi connectivity index (χ2v) is 8.92. The van der Waals surface area contributed by atoms with Gasteiger partial charge in [-0.25, -0.2) is 0 Å². The van der Waals surface area contributed by atoms with Gasteiger partial charge in [-0.05, 0) is 62.1 Å². The molecule has 1 N–H and O–H groups in total. The molecule has 0 atom stereocenters. The molecule has 7 heteroatoms. The van der Waals surface area contributed by atoms with E-state index >= 15 is 0 Å². The van der Waals surface area contributed by atoms with E-state index in [0.29, 0.717) is 11.6 Å². The first-order valence-electron chi connectivity index (χ1n) is 11.3. The minimum absolute atomic E-state index is 0.0183. The Kier molecular flexibility index (Phi) is 5.88. The molecule has 1 saturated heterocycles. The van der Waals surface area contributed by atoms with Gasteiger partial charge in [-0.2, -0.15) is 5.10 Å². The lowest BCUT2D eigenvalue weighted by Crippen LogP contribution is -2.36. The van der Waals surface area contributed by atoms with Crippen molar-refractivity contribution in [1.29, 1.82) is 0 Å². The number of aryl methyl sites for hydroxylation is 1. The fraction of sp³-hybridized carbons (Fsp3) is 0.308. The van der Waals surface area contributed by atoms with Crippen LogP contribution in [0.5, 0.6) is 0 Å². The Bertz CT molecular complexity index is 1290. The molecule has 0 aliphatic carbocycles. The number of hydrogen-bond donors (Lipinski definition) is 1. The van der Waals surface area contributed by atoms with E-state index in [1.54, 1.807) is 17.1 Å². The van der Waals surface area contributed by atoms with Crippen molar-refractivity contribution < 1.29 is 4.79 Å². The van der Waals surface area contributed by atoms with Crippen LogP contribution in [0.25, 0.3) is 21.9 Å². The van der Waals surface area contributed by atoms with E-state index in [9.17, 15) is 4.79 Å². The molecule has 0 amide bonds. The number of nitrogens with one attached hydrogen (secondary N) is 1. The van der Waals surface area contributed by atoms with Gasteiger partial charge in [0.1, 0.15) is 0 Å². The molecule has 4 aromatic rings. The summed E-state index contributed by atoms with van der Waals surface area (Å²) in [7, 11) is 4.06. The van der Waals surface area contributed by atoms with Crippen LogP contribution >= 0.6 is 0 Å². The summed E-state index contributed by atoms with van der Waals surface area (Å²) in [5, 5.41) is 9.91. The van der Waals surface area contributed by atoms with Crippen molar-refractivity contribution in [1.82, 2.24) is 24.6 Å². The monoisotopic (exact) mass is 440 g/mol. The van der Waals surface area contributed by atoms with Gasteiger partial charge in [0.15, 0.2) is 5.78 Å². The molecule has 1 aliphatic heterocycles. The van der Waals surface area contributed by atoms with Crippen molar-refractivity contribution in [2.24, 2.45) is 7.05 Å². The molecule has 1 aromatic carbocycles. The summed E-state index contributed by atoms with van der Waals surface area (Å²) in [6.45, 7) is 2.17. The number of pyridine rings is 2. The topological polar surface area (TPSA) is 75.9 Å². The highest BCUT2D eigenvalue weighted by molar-refractivity contribution is 5.98. The third-order valence-corrected chi connectivity index (χ3v) is 6.31. The number of carbonyl (C=O) groups is 1. The minimum Gasteiger partial charge on any atom is -0.381 e. The third-order valence-electron chi connectivity index (χ3n) is 6.31. The maximum Gasteiger partial charge on any atom is 0.170 e. The average Bonchev–Trinajstić information content (AvgIpc) is 3.26. The maximum absolute atomic E-state index is 13.0. The van der Waals surface area contributed by atoms with Crippen LogP contribution in [-0.2, 0) is 13.5 Å². The lowest BCUT2D eigenvalue weighted by Gasteiger charge is -2.30. The predicted molar refractivity (Wildman–Crippen MR) is 130 cm³/mol. The minimum atomic E-state index is 0.0183. The molecule has 0 spiro atoms. The number of benzene rings is 1. The standard InChI is InChI=1S/C26H28N6O/c1-31-7-5-23(6-8-31)30-25-11-21(13-27-16-25)26(33)12-24-10-20-9-18(3-4-19(20)14-28-24)22-15-29-32(2)17-22/h3-4,9-11,13-17,23,30H,5-8,12H2,1-2H3. The van der Waals surface area contributed by atoms with Crippen molar-refractivity contribution in [2.45, 2.75) is 25.3 Å². The summed E-state index contributed by atoms with van der Waals surface area (Å²) in [4.78, 5) is 24.2. The van der Waals surface area contributed by atoms with Gasteiger partial charge in [0, 0.05) is 60.1 Å². The highest BCUT2D eigenvalue weighted by Crippen LogP contribution is 2.25. The van der Waals surface area contributed by atoms with Gasteiger partial charge in [-0.15, -0.1) is 0 Å². The molecule has 0 bridgehead atoms. The normalized spacial score (nSPS) is 15.1. The van der Waals surface area contributed by atoms with Crippen molar-refractivity contribution in [2.75, 3.05) is 25.5 Å². The zero-order chi connectivity index (χ0) is 22.8. The lowest BCUT2D eigenvalue weighted by molar-refractivity contribution is 0.0991. The van der Waals surface area contributed by atoms with Gasteiger partial charge in [-0.1, -0.05) is 12.1 Å². The Labute approximate surface area is 193 Å². The Morgan fingerprint density at radius 2 is 1.85 bits per heavy atom. The van der Waals surface area contributed by atoms with Crippen molar-refractivity contribution in [3.05, 3.63) is 72.6 Å². The second-order valence-electron chi connectivity index (χ2n) is 8.92. The van der Waals surface area contributed by atoms with Crippen molar-refractivity contribution in [3.8, 4) is 11.1 Å². The Morgan fingerprint density at radius 1 is 1.00 bits per heavy atom. The van der Waals surface area contributed by atoms with E-state index in [4.69, 9.17) is 0 Å². The van der Waals surface area contributed by atoms with Crippen LogP contribution in [0.3, 0.4) is 0 Å².